The molecule has 0 bridgehead atoms. The van der Waals surface area contributed by atoms with Gasteiger partial charge in [0.2, 0.25) is 0 Å². The van der Waals surface area contributed by atoms with E-state index in [1.807, 2.05) is 13.8 Å². The van der Waals surface area contributed by atoms with E-state index in [2.05, 4.69) is 38.2 Å². The van der Waals surface area contributed by atoms with Crippen molar-refractivity contribution in [3.05, 3.63) is 12.2 Å². The molecule has 1 nitrogen and oxygen atoms in total. The van der Waals surface area contributed by atoms with Gasteiger partial charge in [0.1, 0.15) is 0 Å². The number of nitrogens with one attached hydrogen (secondary N) is 1. The molecular weight excluding hydrogens is 158 g/mol. The van der Waals surface area contributed by atoms with Crippen molar-refractivity contribution in [2.75, 3.05) is 13.1 Å². The van der Waals surface area contributed by atoms with Gasteiger partial charge in [-0.25, -0.2) is 0 Å². The summed E-state index contributed by atoms with van der Waals surface area (Å²) in [5.74, 6) is 0.797. The molecule has 0 spiro atoms. The molecule has 0 aliphatic rings. The van der Waals surface area contributed by atoms with Crippen LogP contribution in [0.4, 0.5) is 0 Å². The molecule has 0 aliphatic heterocycles. The summed E-state index contributed by atoms with van der Waals surface area (Å²) in [6, 6.07) is 0. The fourth-order valence-electron chi connectivity index (χ4n) is 0.848. The van der Waals surface area contributed by atoms with Crippen LogP contribution in [0.25, 0.3) is 0 Å². The van der Waals surface area contributed by atoms with E-state index < -0.39 is 0 Å². The van der Waals surface area contributed by atoms with E-state index in [1.165, 1.54) is 12.8 Å². The van der Waals surface area contributed by atoms with E-state index in [0.29, 0.717) is 0 Å². The average Bonchev–Trinajstić information content (AvgIpc) is 2.14. The maximum atomic E-state index is 3.29. The molecule has 0 unspecified atom stereocenters. The summed E-state index contributed by atoms with van der Waals surface area (Å²) < 4.78 is 0. The Bertz CT molecular complexity index is 95.3. The third-order valence-electron chi connectivity index (χ3n) is 1.51. The van der Waals surface area contributed by atoms with Crippen LogP contribution in [0.15, 0.2) is 12.2 Å². The summed E-state index contributed by atoms with van der Waals surface area (Å²) in [6.45, 7) is 12.8. The molecule has 0 aliphatic carbocycles. The predicted octanol–water partition coefficient (Wildman–Crippen LogP) is 3.61. The van der Waals surface area contributed by atoms with Crippen LogP contribution in [0.5, 0.6) is 0 Å². The number of hydrogen-bond acceptors (Lipinski definition) is 1. The molecule has 0 aromatic carbocycles. The minimum Gasteiger partial charge on any atom is -0.317 e. The van der Waals surface area contributed by atoms with Crippen LogP contribution >= 0.6 is 0 Å². The summed E-state index contributed by atoms with van der Waals surface area (Å²) in [4.78, 5) is 0. The van der Waals surface area contributed by atoms with Gasteiger partial charge in [-0.1, -0.05) is 46.8 Å². The smallest absolute Gasteiger partial charge is 0.00144 e. The highest BCUT2D eigenvalue weighted by Crippen LogP contribution is 1.99. The van der Waals surface area contributed by atoms with Gasteiger partial charge < -0.3 is 5.32 Å². The normalized spacial score (nSPS) is 10.3. The van der Waals surface area contributed by atoms with Crippen molar-refractivity contribution in [1.82, 2.24) is 5.32 Å². The molecule has 0 fully saturated rings. The lowest BCUT2D eigenvalue weighted by atomic mass is 10.1. The number of hydrogen-bond donors (Lipinski definition) is 1. The second-order valence-corrected chi connectivity index (χ2v) is 3.24. The van der Waals surface area contributed by atoms with Crippen molar-refractivity contribution in [2.45, 2.75) is 47.5 Å². The molecule has 0 amide bonds. The third-order valence-corrected chi connectivity index (χ3v) is 1.51. The summed E-state index contributed by atoms with van der Waals surface area (Å²) in [6.07, 6.45) is 6.93. The summed E-state index contributed by atoms with van der Waals surface area (Å²) in [7, 11) is 0. The lowest BCUT2D eigenvalue weighted by Gasteiger charge is -1.97. The predicted molar refractivity (Wildman–Crippen MR) is 63.1 cm³/mol. The molecule has 0 atom stereocenters. The monoisotopic (exact) mass is 185 g/mol. The molecule has 0 saturated carbocycles. The minimum atomic E-state index is 0.797. The van der Waals surface area contributed by atoms with Gasteiger partial charge in [0.15, 0.2) is 0 Å². The van der Waals surface area contributed by atoms with Crippen molar-refractivity contribution in [2.24, 2.45) is 5.92 Å². The Labute approximate surface area is 84.6 Å². The van der Waals surface area contributed by atoms with Crippen LogP contribution in [0.2, 0.25) is 0 Å². The lowest BCUT2D eigenvalue weighted by molar-refractivity contribution is 0.660. The summed E-state index contributed by atoms with van der Waals surface area (Å²) in [5.41, 5.74) is 0. The van der Waals surface area contributed by atoms with Crippen LogP contribution in [-0.4, -0.2) is 13.1 Å². The average molecular weight is 185 g/mol. The van der Waals surface area contributed by atoms with E-state index in [4.69, 9.17) is 0 Å². The van der Waals surface area contributed by atoms with Gasteiger partial charge in [0.05, 0.1) is 0 Å². The van der Waals surface area contributed by atoms with Crippen molar-refractivity contribution < 1.29 is 0 Å². The molecular formula is C12H27N. The van der Waals surface area contributed by atoms with Gasteiger partial charge in [-0.2, -0.15) is 0 Å². The van der Waals surface area contributed by atoms with Crippen LogP contribution < -0.4 is 5.32 Å². The molecule has 80 valence electrons. The quantitative estimate of drug-likeness (QED) is 0.492. The highest BCUT2D eigenvalue weighted by molar-refractivity contribution is 4.82. The maximum Gasteiger partial charge on any atom is -0.00144 e. The number of rotatable bonds is 6. The molecule has 1 N–H and O–H groups in total. The van der Waals surface area contributed by atoms with Gasteiger partial charge in [0, 0.05) is 0 Å². The molecule has 13 heavy (non-hydrogen) atoms. The van der Waals surface area contributed by atoms with Gasteiger partial charge >= 0.3 is 0 Å². The lowest BCUT2D eigenvalue weighted by Crippen LogP contribution is -2.12. The maximum absolute atomic E-state index is 3.29. The van der Waals surface area contributed by atoms with Crippen molar-refractivity contribution in [1.29, 1.82) is 0 Å². The topological polar surface area (TPSA) is 12.0 Å². The Balaban J connectivity index is 0. The first-order valence-electron chi connectivity index (χ1n) is 5.63. The first-order chi connectivity index (χ1) is 6.27. The molecule has 1 heteroatoms. The van der Waals surface area contributed by atoms with E-state index in [-0.39, 0.29) is 0 Å². The molecule has 0 heterocycles. The highest BCUT2D eigenvalue weighted by atomic mass is 14.8. The van der Waals surface area contributed by atoms with E-state index in [9.17, 15) is 0 Å². The summed E-state index contributed by atoms with van der Waals surface area (Å²) >= 11 is 0. The first kappa shape index (κ1) is 15.2. The first-order valence-corrected chi connectivity index (χ1v) is 5.63. The van der Waals surface area contributed by atoms with E-state index in [0.717, 1.165) is 19.0 Å². The summed E-state index contributed by atoms with van der Waals surface area (Å²) in [5, 5.41) is 3.29. The Kier molecular flexibility index (Phi) is 16.6. The van der Waals surface area contributed by atoms with Crippen LogP contribution in [0.3, 0.4) is 0 Å². The van der Waals surface area contributed by atoms with Crippen molar-refractivity contribution in [3.8, 4) is 0 Å². The minimum absolute atomic E-state index is 0.797. The zero-order valence-electron chi connectivity index (χ0n) is 10.1. The Hall–Kier alpha value is -0.300. The fraction of sp³-hybridized carbons (Fsp3) is 0.833. The van der Waals surface area contributed by atoms with Crippen LogP contribution in [0, 0.1) is 5.92 Å². The molecule has 0 saturated heterocycles. The second kappa shape index (κ2) is 14.2. The van der Waals surface area contributed by atoms with Gasteiger partial charge in [-0.15, -0.1) is 0 Å². The SMILES string of the molecule is CC.CCNCC/C=C\CC(C)C. The van der Waals surface area contributed by atoms with Gasteiger partial charge in [-0.05, 0) is 31.8 Å². The zero-order chi connectivity index (χ0) is 10.5. The van der Waals surface area contributed by atoms with Crippen LogP contribution in [-0.2, 0) is 0 Å². The van der Waals surface area contributed by atoms with E-state index in [1.54, 1.807) is 0 Å². The third kappa shape index (κ3) is 18.6. The fourth-order valence-corrected chi connectivity index (χ4v) is 0.848. The van der Waals surface area contributed by atoms with Crippen LogP contribution in [0.1, 0.15) is 47.5 Å². The van der Waals surface area contributed by atoms with E-state index >= 15 is 0 Å². The Morgan fingerprint density at radius 3 is 2.23 bits per heavy atom. The second-order valence-electron chi connectivity index (χ2n) is 3.24. The van der Waals surface area contributed by atoms with Gasteiger partial charge in [0.25, 0.3) is 0 Å². The molecule has 0 aromatic rings. The highest BCUT2D eigenvalue weighted by Gasteiger charge is 1.86. The standard InChI is InChI=1S/C10H21N.C2H6/c1-4-11-9-7-5-6-8-10(2)3;1-2/h5-6,10-11H,4,7-9H2,1-3H3;1-2H3/b6-5-;. The molecule has 0 radical (unpaired) electrons. The number of allylic oxidation sites excluding steroid dienone is 1. The van der Waals surface area contributed by atoms with Gasteiger partial charge in [-0.3, -0.25) is 0 Å². The zero-order valence-corrected chi connectivity index (χ0v) is 10.1. The van der Waals surface area contributed by atoms with Crippen molar-refractivity contribution >= 4 is 0 Å². The molecule has 0 aromatic heterocycles. The Morgan fingerprint density at radius 1 is 1.15 bits per heavy atom. The Morgan fingerprint density at radius 2 is 1.77 bits per heavy atom. The molecule has 0 rings (SSSR count). The van der Waals surface area contributed by atoms with Crippen molar-refractivity contribution in [3.63, 3.8) is 0 Å². The largest absolute Gasteiger partial charge is 0.317 e.